The molecule has 1 heterocycles. The molecule has 0 atom stereocenters. The van der Waals surface area contributed by atoms with Crippen molar-refractivity contribution in [2.45, 2.75) is 6.42 Å². The van der Waals surface area contributed by atoms with E-state index in [2.05, 4.69) is 32.7 Å². The molecule has 2 aromatic rings. The Bertz CT molecular complexity index is 542. The number of halogens is 2. The highest BCUT2D eigenvalue weighted by atomic mass is 79.9. The quantitative estimate of drug-likeness (QED) is 0.887. The normalized spacial score (nSPS) is 10.3. The number of hydrogen-bond donors (Lipinski definition) is 1. The molecule has 0 aliphatic heterocycles. The lowest BCUT2D eigenvalue weighted by molar-refractivity contribution is 0.0954. The zero-order valence-electron chi connectivity index (χ0n) is 9.45. The predicted molar refractivity (Wildman–Crippen MR) is 79.5 cm³/mol. The smallest absolute Gasteiger partial charge is 0.251 e. The fraction of sp³-hybridized carbons (Fsp3) is 0.154. The molecule has 0 bridgehead atoms. The molecular formula is C13H11BrClNOS. The molecule has 18 heavy (non-hydrogen) atoms. The maximum atomic E-state index is 11.9. The molecule has 2 nitrogen and oxygen atoms in total. The van der Waals surface area contributed by atoms with Crippen molar-refractivity contribution in [2.75, 3.05) is 6.54 Å². The van der Waals surface area contributed by atoms with Crippen molar-refractivity contribution in [3.8, 4) is 0 Å². The third-order valence-electron chi connectivity index (χ3n) is 2.46. The van der Waals surface area contributed by atoms with E-state index in [9.17, 15) is 4.79 Å². The minimum Gasteiger partial charge on any atom is -0.352 e. The molecule has 5 heteroatoms. The molecule has 0 saturated heterocycles. The van der Waals surface area contributed by atoms with Gasteiger partial charge in [-0.2, -0.15) is 11.3 Å². The van der Waals surface area contributed by atoms with Gasteiger partial charge in [-0.3, -0.25) is 4.79 Å². The van der Waals surface area contributed by atoms with Crippen LogP contribution in [0.1, 0.15) is 15.9 Å². The van der Waals surface area contributed by atoms with Gasteiger partial charge in [0, 0.05) is 16.6 Å². The summed E-state index contributed by atoms with van der Waals surface area (Å²) in [5, 5.41) is 7.61. The summed E-state index contributed by atoms with van der Waals surface area (Å²) >= 11 is 10.8. The number of benzene rings is 1. The van der Waals surface area contributed by atoms with E-state index in [0.717, 1.165) is 10.9 Å². The molecule has 0 radical (unpaired) electrons. The van der Waals surface area contributed by atoms with Gasteiger partial charge in [-0.1, -0.05) is 11.6 Å². The molecule has 0 unspecified atom stereocenters. The number of amides is 1. The third-order valence-corrected chi connectivity index (χ3v) is 4.41. The van der Waals surface area contributed by atoms with Gasteiger partial charge >= 0.3 is 0 Å². The number of rotatable bonds is 4. The van der Waals surface area contributed by atoms with E-state index in [-0.39, 0.29) is 5.91 Å². The summed E-state index contributed by atoms with van der Waals surface area (Å²) < 4.78 is 0.731. The molecule has 2 rings (SSSR count). The second-order valence-electron chi connectivity index (χ2n) is 3.77. The van der Waals surface area contributed by atoms with Gasteiger partial charge in [0.05, 0.1) is 5.02 Å². The highest BCUT2D eigenvalue weighted by Gasteiger charge is 2.07. The van der Waals surface area contributed by atoms with Crippen molar-refractivity contribution in [3.05, 3.63) is 55.6 Å². The Labute approximate surface area is 123 Å². The van der Waals surface area contributed by atoms with Gasteiger partial charge in [0.2, 0.25) is 0 Å². The molecule has 0 fully saturated rings. The fourth-order valence-corrected chi connectivity index (χ4v) is 2.69. The molecule has 1 aromatic carbocycles. The van der Waals surface area contributed by atoms with Crippen molar-refractivity contribution in [3.63, 3.8) is 0 Å². The maximum Gasteiger partial charge on any atom is 0.251 e. The van der Waals surface area contributed by atoms with E-state index in [4.69, 9.17) is 11.6 Å². The van der Waals surface area contributed by atoms with Crippen LogP contribution in [0, 0.1) is 0 Å². The number of carbonyl (C=O) groups is 1. The highest BCUT2D eigenvalue weighted by Crippen LogP contribution is 2.23. The van der Waals surface area contributed by atoms with Crippen molar-refractivity contribution < 1.29 is 4.79 Å². The molecule has 0 aliphatic rings. The average molecular weight is 345 g/mol. The lowest BCUT2D eigenvalue weighted by Crippen LogP contribution is -2.25. The summed E-state index contributed by atoms with van der Waals surface area (Å²) in [6, 6.07) is 7.21. The molecule has 0 spiro atoms. The van der Waals surface area contributed by atoms with Crippen molar-refractivity contribution >= 4 is 44.8 Å². The Morgan fingerprint density at radius 1 is 1.39 bits per heavy atom. The first-order chi connectivity index (χ1) is 8.66. The van der Waals surface area contributed by atoms with E-state index >= 15 is 0 Å². The Balaban J connectivity index is 1.89. The van der Waals surface area contributed by atoms with Gasteiger partial charge in [0.25, 0.3) is 5.91 Å². The van der Waals surface area contributed by atoms with Gasteiger partial charge in [0.15, 0.2) is 0 Å². The Morgan fingerprint density at radius 3 is 2.89 bits per heavy atom. The molecule has 1 amide bonds. The van der Waals surface area contributed by atoms with Crippen LogP contribution in [0.15, 0.2) is 39.5 Å². The molecule has 1 aromatic heterocycles. The summed E-state index contributed by atoms with van der Waals surface area (Å²) in [4.78, 5) is 11.9. The summed E-state index contributed by atoms with van der Waals surface area (Å²) in [5.41, 5.74) is 1.86. The zero-order valence-corrected chi connectivity index (χ0v) is 12.6. The van der Waals surface area contributed by atoms with Crippen LogP contribution < -0.4 is 5.32 Å². The number of nitrogens with one attached hydrogen (secondary N) is 1. The summed E-state index contributed by atoms with van der Waals surface area (Å²) in [7, 11) is 0. The molecule has 94 valence electrons. The van der Waals surface area contributed by atoms with Gasteiger partial charge < -0.3 is 5.32 Å². The van der Waals surface area contributed by atoms with Crippen LogP contribution in [0.4, 0.5) is 0 Å². The topological polar surface area (TPSA) is 29.1 Å². The first-order valence-electron chi connectivity index (χ1n) is 5.41. The van der Waals surface area contributed by atoms with Crippen LogP contribution in [0.5, 0.6) is 0 Å². The Morgan fingerprint density at radius 2 is 2.22 bits per heavy atom. The van der Waals surface area contributed by atoms with E-state index in [1.165, 1.54) is 5.56 Å². The van der Waals surface area contributed by atoms with Crippen molar-refractivity contribution in [2.24, 2.45) is 0 Å². The van der Waals surface area contributed by atoms with Crippen molar-refractivity contribution in [1.82, 2.24) is 5.32 Å². The maximum absolute atomic E-state index is 11.9. The Kier molecular flexibility index (Phi) is 4.80. The molecule has 0 saturated carbocycles. The fourth-order valence-electron chi connectivity index (χ4n) is 1.49. The van der Waals surface area contributed by atoms with E-state index in [1.54, 1.807) is 29.5 Å². The van der Waals surface area contributed by atoms with Crippen LogP contribution >= 0.6 is 38.9 Å². The van der Waals surface area contributed by atoms with Crippen LogP contribution in [0.25, 0.3) is 0 Å². The molecule has 1 N–H and O–H groups in total. The lowest BCUT2D eigenvalue weighted by Gasteiger charge is -2.05. The van der Waals surface area contributed by atoms with Gasteiger partial charge in [0.1, 0.15) is 0 Å². The van der Waals surface area contributed by atoms with Crippen molar-refractivity contribution in [1.29, 1.82) is 0 Å². The average Bonchev–Trinajstić information content (AvgIpc) is 2.85. The minimum atomic E-state index is -0.0809. The van der Waals surface area contributed by atoms with Crippen LogP contribution in [-0.4, -0.2) is 12.5 Å². The second-order valence-corrected chi connectivity index (χ2v) is 5.81. The van der Waals surface area contributed by atoms with E-state index < -0.39 is 0 Å². The zero-order chi connectivity index (χ0) is 13.0. The lowest BCUT2D eigenvalue weighted by atomic mass is 10.2. The summed E-state index contributed by atoms with van der Waals surface area (Å²) in [6.45, 7) is 0.635. The monoisotopic (exact) mass is 343 g/mol. The third kappa shape index (κ3) is 3.57. The molecular weight excluding hydrogens is 334 g/mol. The van der Waals surface area contributed by atoms with E-state index in [0.29, 0.717) is 17.1 Å². The first kappa shape index (κ1) is 13.6. The number of thiophene rings is 1. The predicted octanol–water partition coefficient (Wildman–Crippen LogP) is 4.14. The SMILES string of the molecule is O=C(NCCc1ccsc1)c1ccc(Cl)c(Br)c1. The highest BCUT2D eigenvalue weighted by molar-refractivity contribution is 9.10. The van der Waals surface area contributed by atoms with Crippen LogP contribution in [-0.2, 0) is 6.42 Å². The first-order valence-corrected chi connectivity index (χ1v) is 7.52. The van der Waals surface area contributed by atoms with Gasteiger partial charge in [-0.05, 0) is 62.9 Å². The summed E-state index contributed by atoms with van der Waals surface area (Å²) in [5.74, 6) is -0.0809. The Hall–Kier alpha value is -0.840. The molecule has 0 aliphatic carbocycles. The number of hydrogen-bond acceptors (Lipinski definition) is 2. The van der Waals surface area contributed by atoms with Gasteiger partial charge in [-0.15, -0.1) is 0 Å². The largest absolute Gasteiger partial charge is 0.352 e. The van der Waals surface area contributed by atoms with Gasteiger partial charge in [-0.25, -0.2) is 0 Å². The van der Waals surface area contributed by atoms with E-state index in [1.807, 2.05) is 5.38 Å². The number of carbonyl (C=O) groups excluding carboxylic acids is 1. The minimum absolute atomic E-state index is 0.0809. The van der Waals surface area contributed by atoms with Crippen LogP contribution in [0.2, 0.25) is 5.02 Å². The van der Waals surface area contributed by atoms with Crippen LogP contribution in [0.3, 0.4) is 0 Å². The second kappa shape index (κ2) is 6.36. The summed E-state index contributed by atoms with van der Waals surface area (Å²) in [6.07, 6.45) is 0.851. The standard InChI is InChI=1S/C13H11BrClNOS/c14-11-7-10(1-2-12(11)15)13(17)16-5-3-9-4-6-18-8-9/h1-2,4,6-8H,3,5H2,(H,16,17).